The van der Waals surface area contributed by atoms with Crippen LogP contribution < -0.4 is 0 Å². The second kappa shape index (κ2) is 12.8. The predicted octanol–water partition coefficient (Wildman–Crippen LogP) is 5.01. The largest absolute Gasteiger partial charge is 0.481 e. The van der Waals surface area contributed by atoms with Crippen molar-refractivity contribution in [3.8, 4) is 0 Å². The van der Waals surface area contributed by atoms with Gasteiger partial charge in [0, 0.05) is 35.6 Å². The molecular formula is C30H30N2O8. The third-order valence-corrected chi connectivity index (χ3v) is 5.95. The molecule has 2 aromatic heterocycles. The summed E-state index contributed by atoms with van der Waals surface area (Å²) < 4.78 is 5.24. The molecule has 4 rings (SSSR count). The lowest BCUT2D eigenvalue weighted by Gasteiger charge is -2.21. The fraction of sp³-hybridized carbons (Fsp3) is 0.267. The van der Waals surface area contributed by atoms with E-state index in [4.69, 9.17) is 14.9 Å². The number of nitrogens with zero attached hydrogens (tertiary/aromatic N) is 2. The molecular weight excluding hydrogens is 516 g/mol. The van der Waals surface area contributed by atoms with Crippen LogP contribution in [0.2, 0.25) is 0 Å². The Hall–Kier alpha value is -4.86. The number of hydrogen-bond acceptors (Lipinski definition) is 7. The third kappa shape index (κ3) is 7.83. The van der Waals surface area contributed by atoms with E-state index in [1.165, 1.54) is 0 Å². The zero-order chi connectivity index (χ0) is 29.4. The Kier molecular flexibility index (Phi) is 9.50. The summed E-state index contributed by atoms with van der Waals surface area (Å²) in [6.07, 6.45) is 5.83. The topological polar surface area (TPSA) is 164 Å². The normalized spacial score (nSPS) is 12.6. The van der Waals surface area contributed by atoms with Gasteiger partial charge >= 0.3 is 23.9 Å². The minimum Gasteiger partial charge on any atom is -0.481 e. The van der Waals surface area contributed by atoms with E-state index in [0.29, 0.717) is 11.1 Å². The average molecular weight is 547 g/mol. The van der Waals surface area contributed by atoms with E-state index in [1.54, 1.807) is 82.0 Å². The lowest BCUT2D eigenvalue weighted by atomic mass is 9.91. The number of benzene rings is 2. The Labute approximate surface area is 230 Å². The number of hydrogen-bond donors (Lipinski definition) is 3. The number of carboxylic acids is 3. The maximum Gasteiger partial charge on any atom is 0.311 e. The van der Waals surface area contributed by atoms with Crippen LogP contribution in [0.1, 0.15) is 56.6 Å². The SMILES string of the molecule is CC(C)(C)OC(=O)CC(C(=O)O)c1cccc2cnccc12.O=C(O)CC(C(=O)O)c1cccc2cnccc12. The number of esters is 1. The number of pyridine rings is 2. The van der Waals surface area contributed by atoms with Crippen LogP contribution >= 0.6 is 0 Å². The van der Waals surface area contributed by atoms with Crippen molar-refractivity contribution in [1.82, 2.24) is 9.97 Å². The molecule has 0 spiro atoms. The number of ether oxygens (including phenoxy) is 1. The zero-order valence-corrected chi connectivity index (χ0v) is 22.3. The Morgan fingerprint density at radius 1 is 0.725 bits per heavy atom. The second-order valence-electron chi connectivity index (χ2n) is 10.1. The Bertz CT molecular complexity index is 1530. The first-order valence-electron chi connectivity index (χ1n) is 12.4. The molecule has 0 bridgehead atoms. The van der Waals surface area contributed by atoms with Crippen LogP contribution in [0.5, 0.6) is 0 Å². The van der Waals surface area contributed by atoms with Crippen molar-refractivity contribution in [2.45, 2.75) is 51.0 Å². The van der Waals surface area contributed by atoms with E-state index in [0.717, 1.165) is 21.5 Å². The van der Waals surface area contributed by atoms with Gasteiger partial charge in [0.1, 0.15) is 5.60 Å². The highest BCUT2D eigenvalue weighted by atomic mass is 16.6. The first kappa shape index (κ1) is 29.7. The molecule has 208 valence electrons. The van der Waals surface area contributed by atoms with Crippen LogP contribution in [0.3, 0.4) is 0 Å². The minimum absolute atomic E-state index is 0.200. The van der Waals surface area contributed by atoms with Gasteiger partial charge in [0.05, 0.1) is 24.7 Å². The summed E-state index contributed by atoms with van der Waals surface area (Å²) >= 11 is 0. The van der Waals surface area contributed by atoms with Crippen LogP contribution in [0, 0.1) is 0 Å². The lowest BCUT2D eigenvalue weighted by Crippen LogP contribution is -2.26. The molecule has 40 heavy (non-hydrogen) atoms. The van der Waals surface area contributed by atoms with Crippen molar-refractivity contribution in [2.75, 3.05) is 0 Å². The molecule has 3 N–H and O–H groups in total. The smallest absolute Gasteiger partial charge is 0.311 e. The molecule has 10 nitrogen and oxygen atoms in total. The Balaban J connectivity index is 0.000000225. The standard InChI is InChI=1S/C17H19NO4.C13H11NO4/c1-17(2,3)22-15(19)9-14(16(20)21)13-6-4-5-11-10-18-8-7-12(11)13;15-12(16)6-11(13(17)18)10-3-1-2-8-7-14-5-4-9(8)10/h4-8,10,14H,9H2,1-3H3,(H,20,21);1-5,7,11H,6H2,(H,15,16)(H,17,18). The minimum atomic E-state index is -1.14. The summed E-state index contributed by atoms with van der Waals surface area (Å²) in [5, 5.41) is 30.6. The fourth-order valence-corrected chi connectivity index (χ4v) is 4.29. The summed E-state index contributed by atoms with van der Waals surface area (Å²) in [6.45, 7) is 5.26. The molecule has 2 aromatic carbocycles. The van der Waals surface area contributed by atoms with Crippen LogP contribution in [-0.4, -0.2) is 54.8 Å². The summed E-state index contributed by atoms with van der Waals surface area (Å²) in [6, 6.07) is 14.0. The number of rotatable bonds is 8. The van der Waals surface area contributed by atoms with Crippen molar-refractivity contribution < 1.29 is 39.2 Å². The molecule has 0 aliphatic carbocycles. The maximum atomic E-state index is 12.0. The molecule has 0 radical (unpaired) electrons. The first-order chi connectivity index (χ1) is 18.9. The number of carbonyl (C=O) groups excluding carboxylic acids is 1. The molecule has 0 aliphatic heterocycles. The van der Waals surface area contributed by atoms with Crippen LogP contribution in [0.4, 0.5) is 0 Å². The van der Waals surface area contributed by atoms with Gasteiger partial charge in [-0.25, -0.2) is 0 Å². The van der Waals surface area contributed by atoms with Gasteiger partial charge in [-0.05, 0) is 54.8 Å². The van der Waals surface area contributed by atoms with Crippen molar-refractivity contribution in [1.29, 1.82) is 0 Å². The van der Waals surface area contributed by atoms with Crippen LogP contribution in [0.15, 0.2) is 73.3 Å². The van der Waals surface area contributed by atoms with Gasteiger partial charge in [-0.1, -0.05) is 36.4 Å². The molecule has 0 fully saturated rings. The molecule has 2 atom stereocenters. The van der Waals surface area contributed by atoms with Crippen LogP contribution in [0.25, 0.3) is 21.5 Å². The average Bonchev–Trinajstić information content (AvgIpc) is 2.89. The van der Waals surface area contributed by atoms with E-state index in [2.05, 4.69) is 9.97 Å². The van der Waals surface area contributed by atoms with E-state index in [9.17, 15) is 24.3 Å². The number of fused-ring (bicyclic) bond motifs is 2. The highest BCUT2D eigenvalue weighted by molar-refractivity contribution is 5.93. The van der Waals surface area contributed by atoms with E-state index in [-0.39, 0.29) is 6.42 Å². The van der Waals surface area contributed by atoms with Crippen LogP contribution in [-0.2, 0) is 23.9 Å². The molecule has 10 heteroatoms. The molecule has 2 heterocycles. The van der Waals surface area contributed by atoms with Gasteiger partial charge in [-0.3, -0.25) is 29.1 Å². The summed E-state index contributed by atoms with van der Waals surface area (Å²) in [5.74, 6) is -5.83. The highest BCUT2D eigenvalue weighted by Crippen LogP contribution is 2.29. The van der Waals surface area contributed by atoms with Crippen molar-refractivity contribution >= 4 is 45.4 Å². The van der Waals surface area contributed by atoms with E-state index < -0.39 is 47.7 Å². The number of carboxylic acid groups (broad SMARTS) is 3. The van der Waals surface area contributed by atoms with Crippen molar-refractivity contribution in [3.63, 3.8) is 0 Å². The first-order valence-corrected chi connectivity index (χ1v) is 12.4. The molecule has 2 unspecified atom stereocenters. The number of carbonyl (C=O) groups is 4. The second-order valence-corrected chi connectivity index (χ2v) is 10.1. The predicted molar refractivity (Wildman–Crippen MR) is 147 cm³/mol. The maximum absolute atomic E-state index is 12.0. The van der Waals surface area contributed by atoms with E-state index in [1.807, 2.05) is 12.1 Å². The van der Waals surface area contributed by atoms with Gasteiger partial charge in [0.25, 0.3) is 0 Å². The van der Waals surface area contributed by atoms with Crippen molar-refractivity contribution in [2.24, 2.45) is 0 Å². The van der Waals surface area contributed by atoms with Crippen molar-refractivity contribution in [3.05, 3.63) is 84.4 Å². The quantitative estimate of drug-likeness (QED) is 0.256. The Morgan fingerprint density at radius 2 is 1.18 bits per heavy atom. The fourth-order valence-electron chi connectivity index (χ4n) is 4.29. The molecule has 0 saturated carbocycles. The number of aromatic nitrogens is 2. The molecule has 0 saturated heterocycles. The number of aliphatic carboxylic acids is 3. The van der Waals surface area contributed by atoms with Gasteiger partial charge in [0.15, 0.2) is 0 Å². The van der Waals surface area contributed by atoms with Gasteiger partial charge in [0.2, 0.25) is 0 Å². The van der Waals surface area contributed by atoms with Gasteiger partial charge < -0.3 is 20.1 Å². The highest BCUT2D eigenvalue weighted by Gasteiger charge is 2.28. The lowest BCUT2D eigenvalue weighted by molar-refractivity contribution is -0.158. The summed E-state index contributed by atoms with van der Waals surface area (Å²) in [7, 11) is 0. The monoisotopic (exact) mass is 546 g/mol. The zero-order valence-electron chi connectivity index (χ0n) is 22.3. The summed E-state index contributed by atoms with van der Waals surface area (Å²) in [5.41, 5.74) is 0.464. The Morgan fingerprint density at radius 3 is 1.57 bits per heavy atom. The van der Waals surface area contributed by atoms with E-state index >= 15 is 0 Å². The molecule has 0 amide bonds. The molecule has 4 aromatic rings. The summed E-state index contributed by atoms with van der Waals surface area (Å²) in [4.78, 5) is 53.5. The molecule has 0 aliphatic rings. The third-order valence-electron chi connectivity index (χ3n) is 5.95. The van der Waals surface area contributed by atoms with Gasteiger partial charge in [-0.15, -0.1) is 0 Å². The van der Waals surface area contributed by atoms with Gasteiger partial charge in [-0.2, -0.15) is 0 Å².